The molecule has 0 atom stereocenters. The zero-order valence-electron chi connectivity index (χ0n) is 14.6. The van der Waals surface area contributed by atoms with E-state index in [0.29, 0.717) is 16.9 Å². The van der Waals surface area contributed by atoms with Crippen molar-refractivity contribution in [3.8, 4) is 0 Å². The van der Waals surface area contributed by atoms with Crippen molar-refractivity contribution in [2.75, 3.05) is 11.1 Å². The van der Waals surface area contributed by atoms with E-state index in [0.717, 1.165) is 11.1 Å². The molecule has 0 bridgehead atoms. The molecule has 0 aromatic heterocycles. The summed E-state index contributed by atoms with van der Waals surface area (Å²) in [6.07, 6.45) is 0.273. The molecule has 0 saturated carbocycles. The van der Waals surface area contributed by atoms with Crippen LogP contribution in [0.2, 0.25) is 0 Å². The van der Waals surface area contributed by atoms with Crippen LogP contribution in [0.3, 0.4) is 0 Å². The quantitative estimate of drug-likeness (QED) is 0.714. The summed E-state index contributed by atoms with van der Waals surface area (Å²) >= 11 is 0. The molecule has 25 heavy (non-hydrogen) atoms. The van der Waals surface area contributed by atoms with Crippen molar-refractivity contribution in [2.24, 2.45) is 0 Å². The zero-order chi connectivity index (χ0) is 17.7. The topological polar surface area (TPSA) is 84.2 Å². The normalized spacial score (nSPS) is 10.1. The lowest BCUT2D eigenvalue weighted by Gasteiger charge is -2.12. The number of anilines is 2. The van der Waals surface area contributed by atoms with Crippen LogP contribution in [-0.2, 0) is 11.2 Å². The molecule has 0 aliphatic rings. The molecule has 134 valence electrons. The first-order valence-electron chi connectivity index (χ1n) is 7.91. The number of nitrogens with one attached hydrogen (secondary N) is 2. The Morgan fingerprint density at radius 1 is 1.08 bits per heavy atom. The van der Waals surface area contributed by atoms with Crippen LogP contribution in [0.4, 0.5) is 11.4 Å². The second kappa shape index (κ2) is 9.08. The van der Waals surface area contributed by atoms with Gasteiger partial charge in [-0.25, -0.2) is 0 Å². The lowest BCUT2D eigenvalue weighted by Crippen LogP contribution is -2.30. The summed E-state index contributed by atoms with van der Waals surface area (Å²) in [7, 11) is 0. The van der Waals surface area contributed by atoms with E-state index >= 15 is 0 Å². The molecule has 6 heteroatoms. The molecule has 0 spiro atoms. The van der Waals surface area contributed by atoms with Gasteiger partial charge < -0.3 is 16.4 Å². The maximum absolute atomic E-state index is 12.1. The Hall–Kier alpha value is -2.53. The number of amides is 2. The first kappa shape index (κ1) is 20.5. The largest absolute Gasteiger partial charge is 0.399 e. The maximum atomic E-state index is 12.1. The highest BCUT2D eigenvalue weighted by molar-refractivity contribution is 5.97. The van der Waals surface area contributed by atoms with Crippen molar-refractivity contribution < 1.29 is 9.59 Å². The summed E-state index contributed by atoms with van der Waals surface area (Å²) in [6.45, 7) is 5.68. The molecule has 5 nitrogen and oxygen atoms in total. The van der Waals surface area contributed by atoms with E-state index in [1.807, 2.05) is 32.9 Å². The van der Waals surface area contributed by atoms with Gasteiger partial charge in [-0.3, -0.25) is 9.59 Å². The van der Waals surface area contributed by atoms with Crippen LogP contribution in [0, 0.1) is 6.92 Å². The number of aryl methyl sites for hydroxylation is 1. The molecule has 0 saturated heterocycles. The van der Waals surface area contributed by atoms with Crippen LogP contribution in [0.1, 0.15) is 35.3 Å². The number of rotatable bonds is 5. The molecule has 2 aromatic carbocycles. The van der Waals surface area contributed by atoms with Gasteiger partial charge in [0.1, 0.15) is 0 Å². The van der Waals surface area contributed by atoms with E-state index < -0.39 is 0 Å². The number of carbonyl (C=O) groups excluding carboxylic acids is 2. The number of nitrogen functional groups attached to an aromatic ring is 1. The van der Waals surface area contributed by atoms with Crippen LogP contribution in [-0.4, -0.2) is 17.9 Å². The fourth-order valence-corrected chi connectivity index (χ4v) is 2.36. The second-order valence-electron chi connectivity index (χ2n) is 6.12. The summed E-state index contributed by atoms with van der Waals surface area (Å²) in [6, 6.07) is 12.6. The fourth-order valence-electron chi connectivity index (χ4n) is 2.36. The Bertz CT molecular complexity index is 743. The van der Waals surface area contributed by atoms with Gasteiger partial charge in [0.25, 0.3) is 5.91 Å². The predicted molar refractivity (Wildman–Crippen MR) is 104 cm³/mol. The van der Waals surface area contributed by atoms with E-state index in [-0.39, 0.29) is 36.7 Å². The summed E-state index contributed by atoms with van der Waals surface area (Å²) < 4.78 is 0. The number of nitrogens with two attached hydrogens (primary N) is 1. The lowest BCUT2D eigenvalue weighted by molar-refractivity contribution is -0.115. The Balaban J connectivity index is 0.00000312. The van der Waals surface area contributed by atoms with E-state index in [1.54, 1.807) is 30.3 Å². The van der Waals surface area contributed by atoms with Gasteiger partial charge in [-0.15, -0.1) is 12.4 Å². The number of hydrogen-bond donors (Lipinski definition) is 3. The van der Waals surface area contributed by atoms with E-state index in [4.69, 9.17) is 5.73 Å². The molecule has 2 rings (SSSR count). The highest BCUT2D eigenvalue weighted by Gasteiger charge is 2.11. The molecular weight excluding hydrogens is 338 g/mol. The summed E-state index contributed by atoms with van der Waals surface area (Å²) in [5.74, 6) is -0.221. The van der Waals surface area contributed by atoms with Gasteiger partial charge in [0.05, 0.1) is 6.42 Å². The molecule has 0 heterocycles. The van der Waals surface area contributed by atoms with Crippen molar-refractivity contribution in [3.05, 3.63) is 59.2 Å². The summed E-state index contributed by atoms with van der Waals surface area (Å²) in [5.41, 5.74) is 9.30. The Kier molecular flexibility index (Phi) is 7.45. The minimum Gasteiger partial charge on any atom is -0.399 e. The molecule has 4 N–H and O–H groups in total. The number of hydrogen-bond acceptors (Lipinski definition) is 3. The van der Waals surface area contributed by atoms with Crippen LogP contribution in [0.15, 0.2) is 42.5 Å². The third-order valence-electron chi connectivity index (χ3n) is 3.52. The Morgan fingerprint density at radius 2 is 1.72 bits per heavy atom. The summed E-state index contributed by atoms with van der Waals surface area (Å²) in [4.78, 5) is 24.2. The van der Waals surface area contributed by atoms with Crippen molar-refractivity contribution in [1.29, 1.82) is 0 Å². The molecule has 0 unspecified atom stereocenters. The molecular formula is C19H24ClN3O2. The van der Waals surface area contributed by atoms with Gasteiger partial charge in [-0.2, -0.15) is 0 Å². The fraction of sp³-hybridized carbons (Fsp3) is 0.263. The number of carbonyl (C=O) groups is 2. The summed E-state index contributed by atoms with van der Waals surface area (Å²) in [5, 5.41) is 5.71. The minimum atomic E-state index is -0.112. The van der Waals surface area contributed by atoms with Crippen molar-refractivity contribution in [2.45, 2.75) is 33.2 Å². The highest BCUT2D eigenvalue weighted by Crippen LogP contribution is 2.16. The molecule has 0 aliphatic heterocycles. The Labute approximate surface area is 154 Å². The standard InChI is InChI=1S/C19H23N3O2.ClH/c1-12(2)21-19(24)17-9-8-16(10-13(17)3)22-18(23)11-14-4-6-15(20)7-5-14;/h4-10,12H,11,20H2,1-3H3,(H,21,24)(H,22,23);1H. The minimum absolute atomic E-state index is 0. The molecule has 0 aliphatic carbocycles. The second-order valence-corrected chi connectivity index (χ2v) is 6.12. The maximum Gasteiger partial charge on any atom is 0.251 e. The smallest absolute Gasteiger partial charge is 0.251 e. The van der Waals surface area contributed by atoms with Crippen LogP contribution in [0.25, 0.3) is 0 Å². The average molecular weight is 362 g/mol. The zero-order valence-corrected chi connectivity index (χ0v) is 15.4. The van der Waals surface area contributed by atoms with E-state index in [1.165, 1.54) is 0 Å². The third-order valence-corrected chi connectivity index (χ3v) is 3.52. The van der Waals surface area contributed by atoms with Crippen molar-refractivity contribution in [3.63, 3.8) is 0 Å². The molecule has 2 aromatic rings. The van der Waals surface area contributed by atoms with Gasteiger partial charge in [-0.05, 0) is 62.2 Å². The predicted octanol–water partition coefficient (Wildman–Crippen LogP) is 3.32. The van der Waals surface area contributed by atoms with Gasteiger partial charge in [0.15, 0.2) is 0 Å². The first-order chi connectivity index (χ1) is 11.3. The molecule has 2 amide bonds. The van der Waals surface area contributed by atoms with Crippen LogP contribution >= 0.6 is 12.4 Å². The van der Waals surface area contributed by atoms with E-state index in [9.17, 15) is 9.59 Å². The lowest BCUT2D eigenvalue weighted by atomic mass is 10.1. The van der Waals surface area contributed by atoms with Gasteiger partial charge in [0.2, 0.25) is 5.91 Å². The first-order valence-corrected chi connectivity index (χ1v) is 7.91. The van der Waals surface area contributed by atoms with E-state index in [2.05, 4.69) is 10.6 Å². The Morgan fingerprint density at radius 3 is 2.28 bits per heavy atom. The monoisotopic (exact) mass is 361 g/mol. The number of halogens is 1. The van der Waals surface area contributed by atoms with Gasteiger partial charge in [-0.1, -0.05) is 12.1 Å². The van der Waals surface area contributed by atoms with Crippen LogP contribution < -0.4 is 16.4 Å². The SMILES string of the molecule is Cc1cc(NC(=O)Cc2ccc(N)cc2)ccc1C(=O)NC(C)C.Cl. The van der Waals surface area contributed by atoms with Crippen molar-refractivity contribution >= 4 is 35.6 Å². The van der Waals surface area contributed by atoms with Crippen molar-refractivity contribution in [1.82, 2.24) is 5.32 Å². The van der Waals surface area contributed by atoms with Crippen LogP contribution in [0.5, 0.6) is 0 Å². The van der Waals surface area contributed by atoms with Gasteiger partial charge >= 0.3 is 0 Å². The molecule has 0 fully saturated rings. The number of benzene rings is 2. The highest BCUT2D eigenvalue weighted by atomic mass is 35.5. The van der Waals surface area contributed by atoms with Gasteiger partial charge in [0, 0.05) is 23.0 Å². The average Bonchev–Trinajstić information content (AvgIpc) is 2.48. The third kappa shape index (κ3) is 6.12. The molecule has 0 radical (unpaired) electrons.